The Morgan fingerprint density at radius 3 is 2.17 bits per heavy atom. The zero-order chi connectivity index (χ0) is 22.1. The van der Waals surface area contributed by atoms with Crippen LogP contribution in [0.15, 0.2) is 90.7 Å². The van der Waals surface area contributed by atoms with Crippen molar-refractivity contribution in [1.82, 2.24) is 0 Å². The van der Waals surface area contributed by atoms with E-state index in [-0.39, 0.29) is 35.0 Å². The van der Waals surface area contributed by atoms with E-state index in [1.165, 1.54) is 50.5 Å². The maximum Gasteiger partial charge on any atom is 0.308 e. The lowest BCUT2D eigenvalue weighted by molar-refractivity contribution is -0.131. The summed E-state index contributed by atoms with van der Waals surface area (Å²) in [5.41, 5.74) is 1.35. The highest BCUT2D eigenvalue weighted by Gasteiger charge is 2.26. The molecule has 0 amide bonds. The molecule has 6 nitrogen and oxygen atoms in total. The standard InChI is InChI=1S/C16H14O3.C8H8O3/c1-3-12(11-7-5-4-6-8-11)13-9-15(18)16(19-2)10-14(13)17;1-6(9)11-8-4-2-7(10)3-5-8/h3-10,12H,1H2,2H3;2-5,10H,1H3. The van der Waals surface area contributed by atoms with Gasteiger partial charge in [0.15, 0.2) is 11.5 Å². The van der Waals surface area contributed by atoms with Crippen LogP contribution in [0, 0.1) is 0 Å². The third-order valence-corrected chi connectivity index (χ3v) is 4.12. The maximum atomic E-state index is 12.1. The molecule has 0 radical (unpaired) electrons. The summed E-state index contributed by atoms with van der Waals surface area (Å²) in [6.07, 6.45) is 4.23. The zero-order valence-corrected chi connectivity index (χ0v) is 16.7. The molecule has 1 atom stereocenters. The summed E-state index contributed by atoms with van der Waals surface area (Å²) in [5.74, 6) is -0.492. The van der Waals surface area contributed by atoms with Gasteiger partial charge in [-0.3, -0.25) is 14.4 Å². The van der Waals surface area contributed by atoms with Gasteiger partial charge in [0.05, 0.1) is 7.11 Å². The number of allylic oxidation sites excluding steroid dienone is 4. The van der Waals surface area contributed by atoms with Crippen molar-refractivity contribution >= 4 is 17.5 Å². The molecule has 154 valence electrons. The molecule has 0 heterocycles. The van der Waals surface area contributed by atoms with Crippen molar-refractivity contribution in [3.63, 3.8) is 0 Å². The summed E-state index contributed by atoms with van der Waals surface area (Å²) in [6, 6.07) is 15.4. The van der Waals surface area contributed by atoms with Gasteiger partial charge in [-0.05, 0) is 35.9 Å². The SMILES string of the molecule is C=CC(C1=CC(=O)C(OC)=CC1=O)c1ccccc1.CC(=O)Oc1ccc(O)cc1. The monoisotopic (exact) mass is 406 g/mol. The minimum Gasteiger partial charge on any atom is -0.508 e. The second-order valence-electron chi connectivity index (χ2n) is 6.25. The number of phenols is 1. The Bertz CT molecular complexity index is 984. The quantitative estimate of drug-likeness (QED) is 0.351. The van der Waals surface area contributed by atoms with E-state index in [1.807, 2.05) is 30.3 Å². The molecule has 0 saturated heterocycles. The number of ketones is 2. The van der Waals surface area contributed by atoms with Gasteiger partial charge in [0, 0.05) is 24.5 Å². The van der Waals surface area contributed by atoms with E-state index in [9.17, 15) is 14.4 Å². The molecule has 0 saturated carbocycles. The number of hydrogen-bond acceptors (Lipinski definition) is 6. The summed E-state index contributed by atoms with van der Waals surface area (Å²) in [5, 5.41) is 8.85. The summed E-state index contributed by atoms with van der Waals surface area (Å²) in [6.45, 7) is 5.08. The van der Waals surface area contributed by atoms with Gasteiger partial charge < -0.3 is 14.6 Å². The first-order chi connectivity index (χ1) is 14.3. The number of phenolic OH excluding ortho intramolecular Hbond substituents is 1. The Morgan fingerprint density at radius 1 is 1.00 bits per heavy atom. The predicted octanol–water partition coefficient (Wildman–Crippen LogP) is 3.88. The molecule has 30 heavy (non-hydrogen) atoms. The van der Waals surface area contributed by atoms with Gasteiger partial charge in [0.25, 0.3) is 0 Å². The molecule has 2 aromatic carbocycles. The van der Waals surface area contributed by atoms with Crippen LogP contribution in [0.1, 0.15) is 18.4 Å². The van der Waals surface area contributed by atoms with Crippen molar-refractivity contribution < 1.29 is 29.0 Å². The number of rotatable bonds is 5. The number of ether oxygens (including phenoxy) is 2. The van der Waals surface area contributed by atoms with Crippen molar-refractivity contribution in [2.24, 2.45) is 0 Å². The molecule has 0 aliphatic heterocycles. The van der Waals surface area contributed by atoms with Crippen molar-refractivity contribution in [1.29, 1.82) is 0 Å². The number of methoxy groups -OCH3 is 1. The Balaban J connectivity index is 0.000000248. The average molecular weight is 406 g/mol. The molecule has 6 heteroatoms. The van der Waals surface area contributed by atoms with E-state index < -0.39 is 0 Å². The number of benzene rings is 2. The third-order valence-electron chi connectivity index (χ3n) is 4.12. The van der Waals surface area contributed by atoms with E-state index in [4.69, 9.17) is 14.6 Å². The summed E-state index contributed by atoms with van der Waals surface area (Å²) >= 11 is 0. The van der Waals surface area contributed by atoms with Crippen molar-refractivity contribution in [3.8, 4) is 11.5 Å². The first kappa shape index (κ1) is 22.4. The van der Waals surface area contributed by atoms with Crippen LogP contribution < -0.4 is 4.74 Å². The molecule has 1 aliphatic rings. The summed E-state index contributed by atoms with van der Waals surface area (Å²) in [7, 11) is 1.37. The van der Waals surface area contributed by atoms with Crippen LogP contribution in [-0.4, -0.2) is 29.8 Å². The Morgan fingerprint density at radius 2 is 1.63 bits per heavy atom. The fraction of sp³-hybridized carbons (Fsp3) is 0.125. The predicted molar refractivity (Wildman–Crippen MR) is 112 cm³/mol. The molecule has 0 bridgehead atoms. The number of esters is 1. The zero-order valence-electron chi connectivity index (χ0n) is 16.7. The van der Waals surface area contributed by atoms with Crippen LogP contribution in [0.2, 0.25) is 0 Å². The van der Waals surface area contributed by atoms with Crippen LogP contribution in [0.4, 0.5) is 0 Å². The van der Waals surface area contributed by atoms with Gasteiger partial charge in [-0.2, -0.15) is 0 Å². The second-order valence-corrected chi connectivity index (χ2v) is 6.25. The van der Waals surface area contributed by atoms with Crippen LogP contribution >= 0.6 is 0 Å². The molecule has 1 unspecified atom stereocenters. The lowest BCUT2D eigenvalue weighted by atomic mass is 9.85. The van der Waals surface area contributed by atoms with Crippen LogP contribution in [0.25, 0.3) is 0 Å². The third kappa shape index (κ3) is 6.04. The number of carbonyl (C=O) groups is 3. The largest absolute Gasteiger partial charge is 0.508 e. The molecule has 0 aromatic heterocycles. The van der Waals surface area contributed by atoms with Gasteiger partial charge >= 0.3 is 5.97 Å². The van der Waals surface area contributed by atoms with E-state index in [1.54, 1.807) is 6.08 Å². The minimum atomic E-state index is -0.365. The molecule has 1 aliphatic carbocycles. The number of carbonyl (C=O) groups excluding carboxylic acids is 3. The van der Waals surface area contributed by atoms with Crippen molar-refractivity contribution in [3.05, 3.63) is 96.3 Å². The van der Waals surface area contributed by atoms with Crippen LogP contribution in [0.3, 0.4) is 0 Å². The van der Waals surface area contributed by atoms with Gasteiger partial charge in [0.2, 0.25) is 5.78 Å². The van der Waals surface area contributed by atoms with E-state index >= 15 is 0 Å². The highest BCUT2D eigenvalue weighted by atomic mass is 16.5. The van der Waals surface area contributed by atoms with E-state index in [0.717, 1.165) is 5.56 Å². The lowest BCUT2D eigenvalue weighted by Gasteiger charge is -2.18. The van der Waals surface area contributed by atoms with Gasteiger partial charge in [-0.25, -0.2) is 0 Å². The van der Waals surface area contributed by atoms with Crippen LogP contribution in [-0.2, 0) is 19.1 Å². The van der Waals surface area contributed by atoms with Gasteiger partial charge in [-0.15, -0.1) is 6.58 Å². The fourth-order valence-corrected chi connectivity index (χ4v) is 2.74. The highest BCUT2D eigenvalue weighted by molar-refractivity contribution is 6.19. The molecule has 2 aromatic rings. The Kier molecular flexibility index (Phi) is 7.88. The minimum absolute atomic E-state index is 0.0737. The molecule has 0 fully saturated rings. The highest BCUT2D eigenvalue weighted by Crippen LogP contribution is 2.29. The summed E-state index contributed by atoms with van der Waals surface area (Å²) < 4.78 is 9.58. The average Bonchev–Trinajstić information content (AvgIpc) is 2.73. The first-order valence-corrected chi connectivity index (χ1v) is 9.06. The van der Waals surface area contributed by atoms with E-state index in [2.05, 4.69) is 6.58 Å². The molecule has 3 rings (SSSR count). The topological polar surface area (TPSA) is 89.9 Å². The van der Waals surface area contributed by atoms with Gasteiger partial charge in [-0.1, -0.05) is 36.4 Å². The molecular formula is C24H22O6. The normalized spacial score (nSPS) is 13.8. The number of hydrogen-bond donors (Lipinski definition) is 1. The smallest absolute Gasteiger partial charge is 0.308 e. The second kappa shape index (κ2) is 10.6. The Labute approximate surface area is 174 Å². The summed E-state index contributed by atoms with van der Waals surface area (Å²) in [4.78, 5) is 34.2. The molecule has 1 N–H and O–H groups in total. The van der Waals surface area contributed by atoms with Crippen LogP contribution in [0.5, 0.6) is 11.5 Å². The lowest BCUT2D eigenvalue weighted by Crippen LogP contribution is -2.18. The van der Waals surface area contributed by atoms with E-state index in [0.29, 0.717) is 11.3 Å². The first-order valence-electron chi connectivity index (χ1n) is 9.06. The molecular weight excluding hydrogens is 384 g/mol. The van der Waals surface area contributed by atoms with Gasteiger partial charge in [0.1, 0.15) is 11.5 Å². The fourth-order valence-electron chi connectivity index (χ4n) is 2.74. The van der Waals surface area contributed by atoms with Crippen molar-refractivity contribution in [2.75, 3.05) is 7.11 Å². The number of aromatic hydroxyl groups is 1. The molecule has 0 spiro atoms. The van der Waals surface area contributed by atoms with Crippen molar-refractivity contribution in [2.45, 2.75) is 12.8 Å². The Hall–Kier alpha value is -3.93. The maximum absolute atomic E-state index is 12.1.